The lowest BCUT2D eigenvalue weighted by Crippen LogP contribution is -2.53. The lowest BCUT2D eigenvalue weighted by Gasteiger charge is -2.34. The van der Waals surface area contributed by atoms with Crippen LogP contribution in [-0.4, -0.2) is 54.5 Å². The van der Waals surface area contributed by atoms with Crippen LogP contribution in [0.5, 0.6) is 0 Å². The predicted molar refractivity (Wildman–Crippen MR) is 84.1 cm³/mol. The van der Waals surface area contributed by atoms with Gasteiger partial charge in [-0.2, -0.15) is 0 Å². The van der Waals surface area contributed by atoms with Crippen LogP contribution in [0.4, 0.5) is 0 Å². The number of amides is 1. The van der Waals surface area contributed by atoms with E-state index >= 15 is 0 Å². The maximum Gasteiger partial charge on any atom is 0.240 e. The van der Waals surface area contributed by atoms with Crippen molar-refractivity contribution in [2.75, 3.05) is 26.7 Å². The van der Waals surface area contributed by atoms with Crippen LogP contribution >= 0.6 is 0 Å². The normalized spacial score (nSPS) is 27.0. The second-order valence-electron chi connectivity index (χ2n) is 6.40. The number of carbonyl (C=O) groups excluding carboxylic acids is 1. The van der Waals surface area contributed by atoms with Crippen LogP contribution in [0.3, 0.4) is 0 Å². The third-order valence-electron chi connectivity index (χ3n) is 4.71. The molecule has 0 spiro atoms. The van der Waals surface area contributed by atoms with Crippen molar-refractivity contribution in [2.24, 2.45) is 0 Å². The van der Waals surface area contributed by atoms with Crippen molar-refractivity contribution < 1.29 is 4.79 Å². The fourth-order valence-electron chi connectivity index (χ4n) is 3.53. The summed E-state index contributed by atoms with van der Waals surface area (Å²) < 4.78 is 0. The van der Waals surface area contributed by atoms with Crippen LogP contribution in [0.1, 0.15) is 24.5 Å². The van der Waals surface area contributed by atoms with Gasteiger partial charge in [0.1, 0.15) is 0 Å². The molecule has 4 nitrogen and oxygen atoms in total. The average molecular weight is 287 g/mol. The molecule has 1 aromatic rings. The topological polar surface area (TPSA) is 35.6 Å². The maximum atomic E-state index is 12.9. The molecule has 0 bridgehead atoms. The van der Waals surface area contributed by atoms with Crippen LogP contribution in [-0.2, 0) is 17.8 Å². The second kappa shape index (κ2) is 6.16. The lowest BCUT2D eigenvalue weighted by molar-refractivity contribution is -0.135. The van der Waals surface area contributed by atoms with Crippen molar-refractivity contribution in [3.05, 3.63) is 35.4 Å². The lowest BCUT2D eigenvalue weighted by atomic mass is 9.95. The fraction of sp³-hybridized carbons (Fsp3) is 0.588. The highest BCUT2D eigenvalue weighted by Gasteiger charge is 2.31. The van der Waals surface area contributed by atoms with Gasteiger partial charge >= 0.3 is 0 Å². The van der Waals surface area contributed by atoms with Gasteiger partial charge in [-0.05, 0) is 44.5 Å². The zero-order valence-electron chi connectivity index (χ0n) is 13.0. The first-order valence-corrected chi connectivity index (χ1v) is 7.94. The highest BCUT2D eigenvalue weighted by Crippen LogP contribution is 2.19. The first-order valence-electron chi connectivity index (χ1n) is 7.94. The Morgan fingerprint density at radius 1 is 1.24 bits per heavy atom. The number of hydrogen-bond acceptors (Lipinski definition) is 3. The number of nitrogens with zero attached hydrogens (tertiary/aromatic N) is 2. The Bertz CT molecular complexity index is 517. The number of benzene rings is 1. The van der Waals surface area contributed by atoms with Gasteiger partial charge in [-0.1, -0.05) is 24.3 Å². The number of carbonyl (C=O) groups is 1. The molecule has 21 heavy (non-hydrogen) atoms. The van der Waals surface area contributed by atoms with Crippen LogP contribution in [0.15, 0.2) is 24.3 Å². The van der Waals surface area contributed by atoms with Crippen LogP contribution < -0.4 is 5.32 Å². The Labute approximate surface area is 127 Å². The number of likely N-dealkylation sites (N-methyl/N-ethyl adjacent to an activating group) is 1. The van der Waals surface area contributed by atoms with E-state index in [1.807, 2.05) is 0 Å². The van der Waals surface area contributed by atoms with Gasteiger partial charge in [0.05, 0.1) is 6.04 Å². The van der Waals surface area contributed by atoms with Crippen LogP contribution in [0.2, 0.25) is 0 Å². The van der Waals surface area contributed by atoms with E-state index in [4.69, 9.17) is 0 Å². The molecule has 2 aliphatic rings. The average Bonchev–Trinajstić information content (AvgIpc) is 2.66. The van der Waals surface area contributed by atoms with Gasteiger partial charge in [0, 0.05) is 25.7 Å². The summed E-state index contributed by atoms with van der Waals surface area (Å²) >= 11 is 0. The fourth-order valence-corrected chi connectivity index (χ4v) is 3.53. The van der Waals surface area contributed by atoms with Gasteiger partial charge in [0.15, 0.2) is 0 Å². The summed E-state index contributed by atoms with van der Waals surface area (Å²) in [5.74, 6) is 0.271. The molecule has 2 aliphatic heterocycles. The standard InChI is InChI=1S/C17H25N3O/c1-13-12-19(2)8-5-9-20(13)17(21)16-10-14-6-3-4-7-15(14)11-18-16/h3-4,6-7,13,16,18H,5,8-12H2,1-2H3/t13?,16-/m1/s1. The minimum atomic E-state index is -0.0641. The Balaban J connectivity index is 1.71. The molecule has 0 aliphatic carbocycles. The van der Waals surface area contributed by atoms with Gasteiger partial charge < -0.3 is 15.1 Å². The highest BCUT2D eigenvalue weighted by molar-refractivity contribution is 5.83. The molecule has 1 amide bonds. The van der Waals surface area contributed by atoms with E-state index in [1.54, 1.807) is 0 Å². The van der Waals surface area contributed by atoms with E-state index in [0.29, 0.717) is 6.04 Å². The zero-order valence-corrected chi connectivity index (χ0v) is 13.0. The molecule has 2 heterocycles. The van der Waals surface area contributed by atoms with Crippen molar-refractivity contribution in [1.29, 1.82) is 0 Å². The van der Waals surface area contributed by atoms with Crippen molar-refractivity contribution >= 4 is 5.91 Å². The van der Waals surface area contributed by atoms with Crippen LogP contribution in [0.25, 0.3) is 0 Å². The molecule has 3 rings (SSSR count). The van der Waals surface area contributed by atoms with Gasteiger partial charge in [-0.15, -0.1) is 0 Å². The Kier molecular flexibility index (Phi) is 4.27. The van der Waals surface area contributed by atoms with E-state index in [-0.39, 0.29) is 11.9 Å². The molecule has 1 saturated heterocycles. The monoisotopic (exact) mass is 287 g/mol. The number of fused-ring (bicyclic) bond motifs is 1. The Morgan fingerprint density at radius 2 is 2.00 bits per heavy atom. The summed E-state index contributed by atoms with van der Waals surface area (Å²) in [6, 6.07) is 8.66. The first kappa shape index (κ1) is 14.5. The third-order valence-corrected chi connectivity index (χ3v) is 4.71. The van der Waals surface area contributed by atoms with Crippen molar-refractivity contribution in [3.8, 4) is 0 Å². The predicted octanol–water partition coefficient (Wildman–Crippen LogP) is 1.25. The van der Waals surface area contributed by atoms with Gasteiger partial charge in [0.25, 0.3) is 0 Å². The summed E-state index contributed by atoms with van der Waals surface area (Å²) in [6.45, 7) is 5.89. The van der Waals surface area contributed by atoms with E-state index in [1.165, 1.54) is 11.1 Å². The van der Waals surface area contributed by atoms with E-state index in [0.717, 1.165) is 39.0 Å². The van der Waals surface area contributed by atoms with E-state index < -0.39 is 0 Å². The van der Waals surface area contributed by atoms with Gasteiger partial charge in [-0.25, -0.2) is 0 Å². The quantitative estimate of drug-likeness (QED) is 0.844. The first-order chi connectivity index (χ1) is 10.1. The summed E-state index contributed by atoms with van der Waals surface area (Å²) in [5, 5.41) is 3.42. The number of rotatable bonds is 1. The molecule has 0 radical (unpaired) electrons. The van der Waals surface area contributed by atoms with Gasteiger partial charge in [0.2, 0.25) is 5.91 Å². The zero-order chi connectivity index (χ0) is 14.8. The molecule has 1 unspecified atom stereocenters. The largest absolute Gasteiger partial charge is 0.337 e. The van der Waals surface area contributed by atoms with Gasteiger partial charge in [-0.3, -0.25) is 4.79 Å². The maximum absolute atomic E-state index is 12.9. The van der Waals surface area contributed by atoms with Crippen molar-refractivity contribution in [2.45, 2.75) is 38.4 Å². The highest BCUT2D eigenvalue weighted by atomic mass is 16.2. The molecule has 4 heteroatoms. The minimum Gasteiger partial charge on any atom is -0.337 e. The van der Waals surface area contributed by atoms with Crippen LogP contribution in [0, 0.1) is 0 Å². The molecule has 1 aromatic carbocycles. The second-order valence-corrected chi connectivity index (χ2v) is 6.40. The third kappa shape index (κ3) is 3.11. The SMILES string of the molecule is CC1CN(C)CCCN1C(=O)[C@H]1Cc2ccccc2CN1. The van der Waals surface area contributed by atoms with E-state index in [9.17, 15) is 4.79 Å². The Hall–Kier alpha value is -1.39. The minimum absolute atomic E-state index is 0.0641. The summed E-state index contributed by atoms with van der Waals surface area (Å²) in [5.41, 5.74) is 2.64. The summed E-state index contributed by atoms with van der Waals surface area (Å²) in [6.07, 6.45) is 1.88. The summed E-state index contributed by atoms with van der Waals surface area (Å²) in [7, 11) is 2.14. The molecule has 2 atom stereocenters. The number of nitrogens with one attached hydrogen (secondary N) is 1. The Morgan fingerprint density at radius 3 is 2.81 bits per heavy atom. The molecular formula is C17H25N3O. The molecular weight excluding hydrogens is 262 g/mol. The molecule has 0 aromatic heterocycles. The summed E-state index contributed by atoms with van der Waals surface area (Å²) in [4.78, 5) is 17.3. The molecule has 114 valence electrons. The van der Waals surface area contributed by atoms with Crippen molar-refractivity contribution in [3.63, 3.8) is 0 Å². The molecule has 1 N–H and O–H groups in total. The van der Waals surface area contributed by atoms with Crippen molar-refractivity contribution in [1.82, 2.24) is 15.1 Å². The number of hydrogen-bond donors (Lipinski definition) is 1. The molecule has 0 saturated carbocycles. The molecule has 1 fully saturated rings. The smallest absolute Gasteiger partial charge is 0.240 e. The van der Waals surface area contributed by atoms with E-state index in [2.05, 4.69) is 53.4 Å².